The van der Waals surface area contributed by atoms with Crippen molar-refractivity contribution in [1.82, 2.24) is 10.6 Å². The van der Waals surface area contributed by atoms with Crippen molar-refractivity contribution in [3.63, 3.8) is 0 Å². The van der Waals surface area contributed by atoms with Crippen molar-refractivity contribution in [2.75, 3.05) is 5.32 Å². The van der Waals surface area contributed by atoms with Gasteiger partial charge in [0.2, 0.25) is 17.7 Å². The van der Waals surface area contributed by atoms with E-state index in [0.717, 1.165) is 49.8 Å². The lowest BCUT2D eigenvalue weighted by Crippen LogP contribution is -2.51. The van der Waals surface area contributed by atoms with Crippen LogP contribution in [0.4, 0.5) is 5.69 Å². The maximum atomic E-state index is 12.7. The van der Waals surface area contributed by atoms with E-state index in [2.05, 4.69) is 16.0 Å². The number of carbonyl (C=O) groups excluding carboxylic acids is 3. The number of nitrogens with one attached hydrogen (secondary N) is 3. The molecule has 29 heavy (non-hydrogen) atoms. The number of benzene rings is 1. The standard InChI is InChI=1S/C23H33N3O3/c1-15(2)20(26-22(28)17-8-4-3-5-9-17)23(29)24-14-16-7-6-10-19(13-16)25-21(27)18-11-12-18/h6-7,10,13,15,17-18,20H,3-5,8-9,11-12,14H2,1-2H3,(H,24,29)(H,25,27)(H,26,28). The number of hydrogen-bond donors (Lipinski definition) is 3. The van der Waals surface area contributed by atoms with Crippen LogP contribution in [0.25, 0.3) is 0 Å². The highest BCUT2D eigenvalue weighted by Crippen LogP contribution is 2.30. The van der Waals surface area contributed by atoms with Gasteiger partial charge in [-0.15, -0.1) is 0 Å². The number of amides is 3. The fourth-order valence-corrected chi connectivity index (χ4v) is 3.82. The molecule has 2 aliphatic rings. The van der Waals surface area contributed by atoms with E-state index in [1.54, 1.807) is 0 Å². The average Bonchev–Trinajstić information content (AvgIpc) is 3.56. The first-order chi connectivity index (χ1) is 13.9. The molecule has 1 aromatic carbocycles. The minimum Gasteiger partial charge on any atom is -0.350 e. The Kier molecular flexibility index (Phi) is 7.29. The van der Waals surface area contributed by atoms with Gasteiger partial charge in [0.25, 0.3) is 0 Å². The Morgan fingerprint density at radius 3 is 2.31 bits per heavy atom. The molecule has 0 bridgehead atoms. The van der Waals surface area contributed by atoms with Crippen LogP contribution in [-0.2, 0) is 20.9 Å². The summed E-state index contributed by atoms with van der Waals surface area (Å²) >= 11 is 0. The van der Waals surface area contributed by atoms with Gasteiger partial charge in [0.1, 0.15) is 6.04 Å². The minimum absolute atomic E-state index is 0.00309. The molecule has 1 atom stereocenters. The monoisotopic (exact) mass is 399 g/mol. The Labute approximate surface area is 173 Å². The van der Waals surface area contributed by atoms with Gasteiger partial charge in [-0.25, -0.2) is 0 Å². The summed E-state index contributed by atoms with van der Waals surface area (Å²) in [4.78, 5) is 37.2. The molecule has 3 amide bonds. The third-order valence-corrected chi connectivity index (χ3v) is 5.83. The van der Waals surface area contributed by atoms with Crippen LogP contribution < -0.4 is 16.0 Å². The van der Waals surface area contributed by atoms with Gasteiger partial charge < -0.3 is 16.0 Å². The fraction of sp³-hybridized carbons (Fsp3) is 0.609. The summed E-state index contributed by atoms with van der Waals surface area (Å²) < 4.78 is 0. The summed E-state index contributed by atoms with van der Waals surface area (Å²) in [6.45, 7) is 4.24. The quantitative estimate of drug-likeness (QED) is 0.626. The predicted molar refractivity (Wildman–Crippen MR) is 113 cm³/mol. The lowest BCUT2D eigenvalue weighted by Gasteiger charge is -2.26. The molecule has 0 saturated heterocycles. The Bertz CT molecular complexity index is 737. The normalized spacial score (nSPS) is 18.2. The number of carbonyl (C=O) groups is 3. The van der Waals surface area contributed by atoms with Gasteiger partial charge in [-0.1, -0.05) is 45.2 Å². The molecule has 1 aromatic rings. The van der Waals surface area contributed by atoms with Crippen LogP contribution in [0.3, 0.4) is 0 Å². The summed E-state index contributed by atoms with van der Waals surface area (Å²) in [5.41, 5.74) is 1.66. The maximum Gasteiger partial charge on any atom is 0.243 e. The van der Waals surface area contributed by atoms with Crippen LogP contribution >= 0.6 is 0 Å². The van der Waals surface area contributed by atoms with Crippen LogP contribution in [0.15, 0.2) is 24.3 Å². The molecule has 6 nitrogen and oxygen atoms in total. The molecule has 1 unspecified atom stereocenters. The first-order valence-corrected chi connectivity index (χ1v) is 10.9. The molecular weight excluding hydrogens is 366 g/mol. The van der Waals surface area contributed by atoms with Crippen LogP contribution in [0.1, 0.15) is 64.4 Å². The number of rotatable bonds is 8. The van der Waals surface area contributed by atoms with Crippen molar-refractivity contribution in [1.29, 1.82) is 0 Å². The van der Waals surface area contributed by atoms with Crippen LogP contribution in [-0.4, -0.2) is 23.8 Å². The maximum absolute atomic E-state index is 12.7. The highest BCUT2D eigenvalue weighted by molar-refractivity contribution is 5.94. The Morgan fingerprint density at radius 2 is 1.66 bits per heavy atom. The SMILES string of the molecule is CC(C)C(NC(=O)C1CCCCC1)C(=O)NCc1cccc(NC(=O)C2CC2)c1. The molecule has 158 valence electrons. The van der Waals surface area contributed by atoms with E-state index >= 15 is 0 Å². The van der Waals surface area contributed by atoms with Gasteiger partial charge in [0, 0.05) is 24.1 Å². The lowest BCUT2D eigenvalue weighted by molar-refractivity contribution is -0.132. The minimum atomic E-state index is -0.540. The molecule has 3 N–H and O–H groups in total. The molecule has 2 aliphatic carbocycles. The van der Waals surface area contributed by atoms with Crippen LogP contribution in [0, 0.1) is 17.8 Å². The molecule has 3 rings (SSSR count). The molecule has 2 fully saturated rings. The van der Waals surface area contributed by atoms with Crippen LogP contribution in [0.5, 0.6) is 0 Å². The molecule has 0 radical (unpaired) electrons. The van der Waals surface area contributed by atoms with Crippen molar-refractivity contribution in [2.24, 2.45) is 17.8 Å². The van der Waals surface area contributed by atoms with Crippen molar-refractivity contribution >= 4 is 23.4 Å². The van der Waals surface area contributed by atoms with Crippen LogP contribution in [0.2, 0.25) is 0 Å². The predicted octanol–water partition coefficient (Wildman–Crippen LogP) is 3.37. The van der Waals surface area contributed by atoms with E-state index < -0.39 is 6.04 Å². The summed E-state index contributed by atoms with van der Waals surface area (Å²) in [5, 5.41) is 8.84. The van der Waals surface area contributed by atoms with Crippen molar-refractivity contribution in [2.45, 2.75) is 71.4 Å². The Morgan fingerprint density at radius 1 is 0.966 bits per heavy atom. The molecule has 0 heterocycles. The topological polar surface area (TPSA) is 87.3 Å². The second kappa shape index (κ2) is 9.90. The Balaban J connectivity index is 1.53. The zero-order valence-electron chi connectivity index (χ0n) is 17.5. The van der Waals surface area contributed by atoms with E-state index in [4.69, 9.17) is 0 Å². The van der Waals surface area contributed by atoms with E-state index in [1.807, 2.05) is 38.1 Å². The number of hydrogen-bond acceptors (Lipinski definition) is 3. The van der Waals surface area contributed by atoms with E-state index in [1.165, 1.54) is 6.42 Å². The largest absolute Gasteiger partial charge is 0.350 e. The van der Waals surface area contributed by atoms with E-state index in [-0.39, 0.29) is 35.5 Å². The molecule has 6 heteroatoms. The summed E-state index contributed by atoms with van der Waals surface area (Å²) in [7, 11) is 0. The zero-order chi connectivity index (χ0) is 20.8. The summed E-state index contributed by atoms with van der Waals surface area (Å²) in [5.74, 6) is 0.0885. The highest BCUT2D eigenvalue weighted by Gasteiger charge is 2.30. The molecule has 2 saturated carbocycles. The molecule has 0 aliphatic heterocycles. The van der Waals surface area contributed by atoms with Gasteiger partial charge in [-0.3, -0.25) is 14.4 Å². The third kappa shape index (κ3) is 6.31. The molecular formula is C23H33N3O3. The zero-order valence-corrected chi connectivity index (χ0v) is 17.5. The molecule has 0 spiro atoms. The second-order valence-electron chi connectivity index (χ2n) is 8.75. The third-order valence-electron chi connectivity index (χ3n) is 5.83. The number of anilines is 1. The van der Waals surface area contributed by atoms with E-state index in [0.29, 0.717) is 6.54 Å². The molecule has 0 aromatic heterocycles. The highest BCUT2D eigenvalue weighted by atomic mass is 16.2. The summed E-state index contributed by atoms with van der Waals surface area (Å²) in [6.07, 6.45) is 7.12. The fourth-order valence-electron chi connectivity index (χ4n) is 3.82. The Hall–Kier alpha value is -2.37. The van der Waals surface area contributed by atoms with Crippen molar-refractivity contribution in [3.05, 3.63) is 29.8 Å². The lowest BCUT2D eigenvalue weighted by atomic mass is 9.88. The smallest absolute Gasteiger partial charge is 0.243 e. The van der Waals surface area contributed by atoms with Crippen molar-refractivity contribution in [3.8, 4) is 0 Å². The second-order valence-corrected chi connectivity index (χ2v) is 8.75. The van der Waals surface area contributed by atoms with Gasteiger partial charge in [-0.2, -0.15) is 0 Å². The van der Waals surface area contributed by atoms with E-state index in [9.17, 15) is 14.4 Å². The average molecular weight is 400 g/mol. The van der Waals surface area contributed by atoms with Gasteiger partial charge >= 0.3 is 0 Å². The van der Waals surface area contributed by atoms with Gasteiger partial charge in [0.05, 0.1) is 0 Å². The summed E-state index contributed by atoms with van der Waals surface area (Å²) in [6, 6.07) is 6.98. The first-order valence-electron chi connectivity index (χ1n) is 10.9. The van der Waals surface area contributed by atoms with Gasteiger partial charge in [-0.05, 0) is 49.3 Å². The first kappa shape index (κ1) is 21.3. The van der Waals surface area contributed by atoms with Crippen molar-refractivity contribution < 1.29 is 14.4 Å². The van der Waals surface area contributed by atoms with Gasteiger partial charge in [0.15, 0.2) is 0 Å².